The summed E-state index contributed by atoms with van der Waals surface area (Å²) < 4.78 is 14.0. The molecule has 96 valence electrons. The van der Waals surface area contributed by atoms with Gasteiger partial charge in [0, 0.05) is 18.6 Å². The van der Waals surface area contributed by atoms with Crippen molar-refractivity contribution in [1.82, 2.24) is 4.90 Å². The number of halogens is 1. The molecule has 0 aliphatic rings. The number of hydrogen-bond donors (Lipinski definition) is 0. The van der Waals surface area contributed by atoms with Crippen molar-refractivity contribution >= 4 is 0 Å². The number of nitrogens with zero attached hydrogens (tertiary/aromatic N) is 1. The van der Waals surface area contributed by atoms with E-state index >= 15 is 0 Å². The highest BCUT2D eigenvalue weighted by atomic mass is 19.1. The zero-order chi connectivity index (χ0) is 12.8. The van der Waals surface area contributed by atoms with Gasteiger partial charge in [-0.3, -0.25) is 4.90 Å². The SMILES string of the molecule is CC(C)N(CCC(F)c1ccccc1)C(C)C. The molecule has 0 saturated carbocycles. The maximum Gasteiger partial charge on any atom is 0.126 e. The van der Waals surface area contributed by atoms with Crippen molar-refractivity contribution in [2.75, 3.05) is 6.54 Å². The topological polar surface area (TPSA) is 3.24 Å². The monoisotopic (exact) mass is 237 g/mol. The summed E-state index contributed by atoms with van der Waals surface area (Å²) in [7, 11) is 0. The van der Waals surface area contributed by atoms with E-state index in [9.17, 15) is 4.39 Å². The van der Waals surface area contributed by atoms with Crippen molar-refractivity contribution in [3.05, 3.63) is 35.9 Å². The van der Waals surface area contributed by atoms with Crippen LogP contribution >= 0.6 is 0 Å². The van der Waals surface area contributed by atoms with E-state index in [0.29, 0.717) is 18.5 Å². The number of rotatable bonds is 6. The normalized spacial score (nSPS) is 13.6. The molecule has 1 unspecified atom stereocenters. The molecule has 0 spiro atoms. The second-order valence-corrected chi connectivity index (χ2v) is 5.09. The van der Waals surface area contributed by atoms with Gasteiger partial charge in [0.25, 0.3) is 0 Å². The van der Waals surface area contributed by atoms with Crippen LogP contribution in [0.3, 0.4) is 0 Å². The first kappa shape index (κ1) is 14.2. The zero-order valence-corrected chi connectivity index (χ0v) is 11.4. The summed E-state index contributed by atoms with van der Waals surface area (Å²) in [6.07, 6.45) is -0.281. The first-order chi connectivity index (χ1) is 8.02. The summed E-state index contributed by atoms with van der Waals surface area (Å²) >= 11 is 0. The highest BCUT2D eigenvalue weighted by molar-refractivity contribution is 5.17. The largest absolute Gasteiger partial charge is 0.298 e. The zero-order valence-electron chi connectivity index (χ0n) is 11.4. The van der Waals surface area contributed by atoms with Crippen LogP contribution in [-0.4, -0.2) is 23.5 Å². The summed E-state index contributed by atoms with van der Waals surface area (Å²) in [4.78, 5) is 2.33. The van der Waals surface area contributed by atoms with Crippen molar-refractivity contribution in [3.63, 3.8) is 0 Å². The van der Waals surface area contributed by atoms with Crippen molar-refractivity contribution < 1.29 is 4.39 Å². The summed E-state index contributed by atoms with van der Waals surface area (Å²) in [5, 5.41) is 0. The van der Waals surface area contributed by atoms with Crippen LogP contribution in [0, 0.1) is 0 Å². The molecule has 0 bridgehead atoms. The molecule has 0 aliphatic carbocycles. The Hall–Kier alpha value is -0.890. The minimum Gasteiger partial charge on any atom is -0.298 e. The Morgan fingerprint density at radius 2 is 1.53 bits per heavy atom. The smallest absolute Gasteiger partial charge is 0.126 e. The van der Waals surface area contributed by atoms with Gasteiger partial charge in [-0.15, -0.1) is 0 Å². The molecule has 0 fully saturated rings. The Kier molecular flexibility index (Phi) is 5.63. The Bertz CT molecular complexity index is 300. The van der Waals surface area contributed by atoms with Gasteiger partial charge in [0.1, 0.15) is 6.17 Å². The van der Waals surface area contributed by atoms with Crippen LogP contribution in [0.25, 0.3) is 0 Å². The molecule has 0 saturated heterocycles. The van der Waals surface area contributed by atoms with Crippen LogP contribution in [0.5, 0.6) is 0 Å². The van der Waals surface area contributed by atoms with Crippen LogP contribution in [0.15, 0.2) is 30.3 Å². The highest BCUT2D eigenvalue weighted by Crippen LogP contribution is 2.22. The average Bonchev–Trinajstić information content (AvgIpc) is 2.29. The lowest BCUT2D eigenvalue weighted by Gasteiger charge is -2.30. The van der Waals surface area contributed by atoms with Gasteiger partial charge >= 0.3 is 0 Å². The van der Waals surface area contributed by atoms with Gasteiger partial charge in [0.05, 0.1) is 0 Å². The van der Waals surface area contributed by atoms with E-state index in [0.717, 1.165) is 12.1 Å². The van der Waals surface area contributed by atoms with E-state index in [-0.39, 0.29) is 0 Å². The van der Waals surface area contributed by atoms with Crippen molar-refractivity contribution in [3.8, 4) is 0 Å². The summed E-state index contributed by atoms with van der Waals surface area (Å²) in [5.41, 5.74) is 0.792. The van der Waals surface area contributed by atoms with Crippen LogP contribution in [0.2, 0.25) is 0 Å². The van der Waals surface area contributed by atoms with Gasteiger partial charge in [-0.25, -0.2) is 4.39 Å². The van der Waals surface area contributed by atoms with E-state index in [2.05, 4.69) is 32.6 Å². The van der Waals surface area contributed by atoms with Gasteiger partial charge < -0.3 is 0 Å². The summed E-state index contributed by atoms with van der Waals surface area (Å²) in [5.74, 6) is 0. The maximum atomic E-state index is 14.0. The Balaban J connectivity index is 2.50. The van der Waals surface area contributed by atoms with Crippen molar-refractivity contribution in [2.45, 2.75) is 52.4 Å². The third-order valence-corrected chi connectivity index (χ3v) is 3.13. The molecule has 2 heteroatoms. The lowest BCUT2D eigenvalue weighted by Crippen LogP contribution is -2.38. The van der Waals surface area contributed by atoms with Crippen LogP contribution in [0.4, 0.5) is 4.39 Å². The fourth-order valence-corrected chi connectivity index (χ4v) is 2.20. The summed E-state index contributed by atoms with van der Waals surface area (Å²) in [6.45, 7) is 9.46. The minimum atomic E-state index is -0.851. The molecule has 0 N–H and O–H groups in total. The molecule has 1 rings (SSSR count). The van der Waals surface area contributed by atoms with Crippen molar-refractivity contribution in [1.29, 1.82) is 0 Å². The average molecular weight is 237 g/mol. The first-order valence-corrected chi connectivity index (χ1v) is 6.47. The molecule has 17 heavy (non-hydrogen) atoms. The molecule has 0 radical (unpaired) electrons. The van der Waals surface area contributed by atoms with E-state index in [1.807, 2.05) is 30.3 Å². The molecule has 1 aromatic carbocycles. The molecule has 0 aliphatic heterocycles. The predicted octanol–water partition coefficient (Wildman–Crippen LogP) is 4.21. The third-order valence-electron chi connectivity index (χ3n) is 3.13. The number of benzene rings is 1. The molecule has 1 aromatic rings. The standard InChI is InChI=1S/C15H24FN/c1-12(2)17(13(3)4)11-10-15(16)14-8-6-5-7-9-14/h5-9,12-13,15H,10-11H2,1-4H3. The van der Waals surface area contributed by atoms with Crippen molar-refractivity contribution in [2.24, 2.45) is 0 Å². The van der Waals surface area contributed by atoms with E-state index < -0.39 is 6.17 Å². The highest BCUT2D eigenvalue weighted by Gasteiger charge is 2.16. The van der Waals surface area contributed by atoms with Gasteiger partial charge in [0.15, 0.2) is 0 Å². The maximum absolute atomic E-state index is 14.0. The lowest BCUT2D eigenvalue weighted by atomic mass is 10.1. The number of alkyl halides is 1. The van der Waals surface area contributed by atoms with Gasteiger partial charge in [-0.1, -0.05) is 30.3 Å². The molecule has 0 aromatic heterocycles. The molecular weight excluding hydrogens is 213 g/mol. The van der Waals surface area contributed by atoms with Crippen LogP contribution < -0.4 is 0 Å². The van der Waals surface area contributed by atoms with Crippen LogP contribution in [0.1, 0.15) is 45.9 Å². The Labute approximate surface area is 105 Å². The minimum absolute atomic E-state index is 0.470. The second kappa shape index (κ2) is 6.75. The predicted molar refractivity (Wildman–Crippen MR) is 71.9 cm³/mol. The molecular formula is C15H24FN. The third kappa shape index (κ3) is 4.47. The molecule has 1 atom stereocenters. The van der Waals surface area contributed by atoms with Gasteiger partial charge in [0.2, 0.25) is 0 Å². The van der Waals surface area contributed by atoms with Gasteiger partial charge in [-0.05, 0) is 39.7 Å². The quantitative estimate of drug-likeness (QED) is 0.716. The first-order valence-electron chi connectivity index (χ1n) is 6.47. The molecule has 0 heterocycles. The van der Waals surface area contributed by atoms with E-state index in [4.69, 9.17) is 0 Å². The number of hydrogen-bond acceptors (Lipinski definition) is 1. The summed E-state index contributed by atoms with van der Waals surface area (Å²) in [6, 6.07) is 10.4. The fourth-order valence-electron chi connectivity index (χ4n) is 2.20. The molecule has 0 amide bonds. The van der Waals surface area contributed by atoms with E-state index in [1.54, 1.807) is 0 Å². The fraction of sp³-hybridized carbons (Fsp3) is 0.600. The Morgan fingerprint density at radius 3 is 2.00 bits per heavy atom. The van der Waals surface area contributed by atoms with E-state index in [1.165, 1.54) is 0 Å². The lowest BCUT2D eigenvalue weighted by molar-refractivity contribution is 0.153. The second-order valence-electron chi connectivity index (χ2n) is 5.09. The van der Waals surface area contributed by atoms with Crippen LogP contribution in [-0.2, 0) is 0 Å². The Morgan fingerprint density at radius 1 is 1.00 bits per heavy atom. The van der Waals surface area contributed by atoms with Gasteiger partial charge in [-0.2, -0.15) is 0 Å². The molecule has 1 nitrogen and oxygen atoms in total.